The summed E-state index contributed by atoms with van der Waals surface area (Å²) in [5.41, 5.74) is 20.9. The van der Waals surface area contributed by atoms with E-state index in [4.69, 9.17) is 42.2 Å². The van der Waals surface area contributed by atoms with Crippen LogP contribution in [0.5, 0.6) is 5.75 Å². The van der Waals surface area contributed by atoms with Crippen LogP contribution in [0.2, 0.25) is 5.02 Å². The van der Waals surface area contributed by atoms with Crippen LogP contribution < -0.4 is 10.1 Å². The van der Waals surface area contributed by atoms with Crippen molar-refractivity contribution in [3.63, 3.8) is 0 Å². The highest BCUT2D eigenvalue weighted by Gasteiger charge is 2.54. The summed E-state index contributed by atoms with van der Waals surface area (Å²) in [6.45, 7) is 0.691. The van der Waals surface area contributed by atoms with Crippen LogP contribution in [0, 0.1) is 0 Å². The second-order valence-corrected chi connectivity index (χ2v) is 11.5. The molecule has 2 N–H and O–H groups in total. The summed E-state index contributed by atoms with van der Waals surface area (Å²) in [6, 6.07) is 29.1. The summed E-state index contributed by atoms with van der Waals surface area (Å²) >= 11 is 6.23. The monoisotopic (exact) mass is 664 g/mol. The Kier molecular flexibility index (Phi) is 11.5. The SMILES string of the molecule is [N-]=[N+]=NCc1ccccc1C[C@@]1(C(=O)NCc2cccc(Cl)c2)N=C(c2ccc(OCCCO)cc2)O[C@@H]1c1ccccc1CN=[N+]=[N-]. The number of aliphatic imine (C=N–C) groups is 1. The van der Waals surface area contributed by atoms with E-state index in [2.05, 4.69) is 25.4 Å². The van der Waals surface area contributed by atoms with Gasteiger partial charge in [-0.25, -0.2) is 4.99 Å². The van der Waals surface area contributed by atoms with Gasteiger partial charge in [-0.1, -0.05) is 82.5 Å². The number of amides is 1. The molecule has 0 bridgehead atoms. The van der Waals surface area contributed by atoms with E-state index >= 15 is 0 Å². The van der Waals surface area contributed by atoms with Gasteiger partial charge in [-0.15, -0.1) is 0 Å². The Bertz CT molecular complexity index is 1870. The molecule has 2 atom stereocenters. The molecule has 0 spiro atoms. The summed E-state index contributed by atoms with van der Waals surface area (Å²) in [7, 11) is 0. The lowest BCUT2D eigenvalue weighted by molar-refractivity contribution is -0.129. The van der Waals surface area contributed by atoms with Crippen LogP contribution in [-0.4, -0.2) is 35.7 Å². The van der Waals surface area contributed by atoms with Gasteiger partial charge in [-0.2, -0.15) is 0 Å². The maximum Gasteiger partial charge on any atom is 0.252 e. The highest BCUT2D eigenvalue weighted by atomic mass is 35.5. The number of aliphatic hydroxyl groups excluding tert-OH is 1. The van der Waals surface area contributed by atoms with E-state index in [0.29, 0.717) is 40.5 Å². The number of ether oxygens (including phenoxy) is 2. The van der Waals surface area contributed by atoms with Crippen molar-refractivity contribution in [2.24, 2.45) is 15.2 Å². The van der Waals surface area contributed by atoms with Gasteiger partial charge in [0, 0.05) is 46.4 Å². The van der Waals surface area contributed by atoms with Crippen molar-refractivity contribution in [1.29, 1.82) is 0 Å². The Morgan fingerprint density at radius 3 is 2.33 bits per heavy atom. The third kappa shape index (κ3) is 8.06. The molecule has 244 valence electrons. The summed E-state index contributed by atoms with van der Waals surface area (Å²) in [4.78, 5) is 25.7. The fourth-order valence-electron chi connectivity index (χ4n) is 5.57. The maximum atomic E-state index is 14.7. The molecule has 1 aliphatic rings. The molecule has 1 heterocycles. The number of nitrogens with zero attached hydrogens (tertiary/aromatic N) is 7. The van der Waals surface area contributed by atoms with Gasteiger partial charge in [0.25, 0.3) is 5.91 Å². The molecule has 0 unspecified atom stereocenters. The molecular weight excluding hydrogens is 632 g/mol. The first-order chi connectivity index (χ1) is 23.5. The van der Waals surface area contributed by atoms with Crippen molar-refractivity contribution >= 4 is 23.4 Å². The molecule has 0 radical (unpaired) electrons. The van der Waals surface area contributed by atoms with Crippen molar-refractivity contribution in [2.75, 3.05) is 13.2 Å². The topological polar surface area (TPSA) is 178 Å². The molecule has 4 aromatic rings. The second-order valence-electron chi connectivity index (χ2n) is 11.0. The number of hydrogen-bond donors (Lipinski definition) is 2. The van der Waals surface area contributed by atoms with Crippen LogP contribution in [0.3, 0.4) is 0 Å². The minimum atomic E-state index is -1.55. The fraction of sp³-hybridized carbons (Fsp3) is 0.257. The lowest BCUT2D eigenvalue weighted by atomic mass is 9.79. The number of benzene rings is 4. The van der Waals surface area contributed by atoms with E-state index in [1.807, 2.05) is 60.7 Å². The van der Waals surface area contributed by atoms with E-state index in [-0.39, 0.29) is 38.6 Å². The standard InChI is InChI=1S/C35H33ClN8O4/c36-29-11-5-7-24(19-29)21-39-34(46)35(20-26-8-1-2-9-27(26)22-40-43-37)32(31-12-4-3-10-28(31)23-41-44-38)48-33(42-35)25-13-15-30(16-14-25)47-18-6-17-45/h1-5,7-16,19,32,45H,6,17-18,20-23H2,(H,39,46)/t32-,35-/m1/s1. The number of carbonyl (C=O) groups excluding carboxylic acids is 1. The zero-order valence-corrected chi connectivity index (χ0v) is 26.7. The Labute approximate surface area is 282 Å². The molecule has 0 saturated carbocycles. The number of hydrogen-bond acceptors (Lipinski definition) is 7. The largest absolute Gasteiger partial charge is 0.494 e. The highest BCUT2D eigenvalue weighted by Crippen LogP contribution is 2.44. The minimum absolute atomic E-state index is 0.0265. The van der Waals surface area contributed by atoms with Gasteiger partial charge in [0.1, 0.15) is 5.75 Å². The van der Waals surface area contributed by atoms with Crippen LogP contribution in [0.4, 0.5) is 0 Å². The zero-order valence-electron chi connectivity index (χ0n) is 25.9. The number of halogens is 1. The van der Waals surface area contributed by atoms with Crippen LogP contribution in [-0.2, 0) is 35.6 Å². The van der Waals surface area contributed by atoms with Crippen molar-refractivity contribution < 1.29 is 19.4 Å². The van der Waals surface area contributed by atoms with E-state index < -0.39 is 17.6 Å². The summed E-state index contributed by atoms with van der Waals surface area (Å²) in [6.07, 6.45) is -0.342. The van der Waals surface area contributed by atoms with Gasteiger partial charge >= 0.3 is 0 Å². The first kappa shape index (κ1) is 33.8. The first-order valence-electron chi connectivity index (χ1n) is 15.3. The predicted molar refractivity (Wildman–Crippen MR) is 182 cm³/mol. The van der Waals surface area contributed by atoms with Gasteiger partial charge < -0.3 is 19.9 Å². The molecular formula is C35H33ClN8O4. The van der Waals surface area contributed by atoms with Crippen LogP contribution in [0.25, 0.3) is 20.9 Å². The molecule has 13 heteroatoms. The van der Waals surface area contributed by atoms with E-state index in [1.165, 1.54) is 0 Å². The Balaban J connectivity index is 1.64. The van der Waals surface area contributed by atoms with Crippen molar-refractivity contribution in [3.05, 3.63) is 156 Å². The normalized spacial score (nSPS) is 16.5. The first-order valence-corrected chi connectivity index (χ1v) is 15.6. The van der Waals surface area contributed by atoms with E-state index in [0.717, 1.165) is 16.7 Å². The van der Waals surface area contributed by atoms with Gasteiger partial charge in [-0.05, 0) is 75.3 Å². The number of aliphatic hydroxyl groups is 1. The Morgan fingerprint density at radius 2 is 1.62 bits per heavy atom. The number of nitrogens with one attached hydrogen (secondary N) is 1. The minimum Gasteiger partial charge on any atom is -0.494 e. The Morgan fingerprint density at radius 1 is 0.938 bits per heavy atom. The quantitative estimate of drug-likeness (QED) is 0.0577. The van der Waals surface area contributed by atoms with E-state index in [1.54, 1.807) is 36.4 Å². The third-order valence-electron chi connectivity index (χ3n) is 7.90. The molecule has 0 saturated heterocycles. The van der Waals surface area contributed by atoms with Gasteiger partial charge in [-0.3, -0.25) is 4.79 Å². The van der Waals surface area contributed by atoms with Crippen LogP contribution >= 0.6 is 11.6 Å². The zero-order chi connectivity index (χ0) is 33.8. The predicted octanol–water partition coefficient (Wildman–Crippen LogP) is 7.54. The van der Waals surface area contributed by atoms with Crippen LogP contribution in [0.1, 0.15) is 45.9 Å². The molecule has 12 nitrogen and oxygen atoms in total. The number of azide groups is 2. The van der Waals surface area contributed by atoms with Gasteiger partial charge in [0.15, 0.2) is 11.6 Å². The van der Waals surface area contributed by atoms with Gasteiger partial charge in [0.05, 0.1) is 19.7 Å². The summed E-state index contributed by atoms with van der Waals surface area (Å²) in [5.74, 6) is 0.453. The maximum absolute atomic E-state index is 14.7. The fourth-order valence-corrected chi connectivity index (χ4v) is 5.78. The van der Waals surface area contributed by atoms with Gasteiger partial charge in [0.2, 0.25) is 5.90 Å². The summed E-state index contributed by atoms with van der Waals surface area (Å²) in [5, 5.41) is 20.3. The average Bonchev–Trinajstić information content (AvgIpc) is 3.50. The second kappa shape index (κ2) is 16.4. The summed E-state index contributed by atoms with van der Waals surface area (Å²) < 4.78 is 12.4. The molecule has 4 aromatic carbocycles. The van der Waals surface area contributed by atoms with Crippen molar-refractivity contribution in [1.82, 2.24) is 5.32 Å². The number of carbonyl (C=O) groups is 1. The van der Waals surface area contributed by atoms with Crippen molar-refractivity contribution in [3.8, 4) is 5.75 Å². The molecule has 0 fully saturated rings. The molecule has 5 rings (SSSR count). The molecule has 0 aliphatic carbocycles. The Hall–Kier alpha value is -5.51. The highest BCUT2D eigenvalue weighted by molar-refractivity contribution is 6.30. The average molecular weight is 665 g/mol. The smallest absolute Gasteiger partial charge is 0.252 e. The number of rotatable bonds is 15. The lowest BCUT2D eigenvalue weighted by Gasteiger charge is -2.32. The lowest BCUT2D eigenvalue weighted by Crippen LogP contribution is -2.50. The molecule has 48 heavy (non-hydrogen) atoms. The third-order valence-corrected chi connectivity index (χ3v) is 8.13. The van der Waals surface area contributed by atoms with Crippen LogP contribution in [0.15, 0.2) is 112 Å². The van der Waals surface area contributed by atoms with E-state index in [9.17, 15) is 4.79 Å². The molecule has 0 aromatic heterocycles. The molecule has 1 aliphatic heterocycles. The van der Waals surface area contributed by atoms with Crippen molar-refractivity contribution in [2.45, 2.75) is 44.1 Å². The molecule has 1 amide bonds.